The summed E-state index contributed by atoms with van der Waals surface area (Å²) in [7, 11) is 0. The fraction of sp³-hybridized carbons (Fsp3) is 0.400. The number of nitrogens with zero attached hydrogens (tertiary/aromatic N) is 1. The number of anilines is 2. The van der Waals surface area contributed by atoms with Crippen LogP contribution in [0.15, 0.2) is 42.5 Å². The molecule has 3 rings (SSSR count). The molecule has 2 heteroatoms. The average Bonchev–Trinajstić information content (AvgIpc) is 2.56. The van der Waals surface area contributed by atoms with Crippen molar-refractivity contribution in [2.24, 2.45) is 0 Å². The predicted molar refractivity (Wildman–Crippen MR) is 96.0 cm³/mol. The monoisotopic (exact) mass is 294 g/mol. The molecule has 0 unspecified atom stereocenters. The zero-order chi connectivity index (χ0) is 15.4. The zero-order valence-electron chi connectivity index (χ0n) is 13.7. The van der Waals surface area contributed by atoms with Crippen molar-refractivity contribution in [3.8, 4) is 0 Å². The number of rotatable bonds is 5. The van der Waals surface area contributed by atoms with Gasteiger partial charge in [-0.05, 0) is 48.9 Å². The molecule has 0 saturated carbocycles. The second-order valence-corrected chi connectivity index (χ2v) is 6.11. The summed E-state index contributed by atoms with van der Waals surface area (Å²) < 4.78 is 0. The van der Waals surface area contributed by atoms with Crippen LogP contribution >= 0.6 is 0 Å². The van der Waals surface area contributed by atoms with Gasteiger partial charge in [0.15, 0.2) is 0 Å². The van der Waals surface area contributed by atoms with Crippen LogP contribution < -0.4 is 10.2 Å². The number of aryl methyl sites for hydroxylation is 3. The number of para-hydroxylation sites is 2. The van der Waals surface area contributed by atoms with Crippen molar-refractivity contribution >= 4 is 11.4 Å². The Balaban J connectivity index is 1.65. The van der Waals surface area contributed by atoms with E-state index < -0.39 is 0 Å². The lowest BCUT2D eigenvalue weighted by Gasteiger charge is -2.31. The number of hydrogen-bond donors (Lipinski definition) is 1. The van der Waals surface area contributed by atoms with Crippen LogP contribution in [0.25, 0.3) is 0 Å². The lowest BCUT2D eigenvalue weighted by molar-refractivity contribution is 0.698. The molecule has 0 radical (unpaired) electrons. The quantitative estimate of drug-likeness (QED) is 0.878. The van der Waals surface area contributed by atoms with Crippen molar-refractivity contribution < 1.29 is 0 Å². The molecular weight excluding hydrogens is 268 g/mol. The van der Waals surface area contributed by atoms with Gasteiger partial charge in [-0.3, -0.25) is 0 Å². The van der Waals surface area contributed by atoms with Gasteiger partial charge in [0.25, 0.3) is 0 Å². The first-order chi connectivity index (χ1) is 10.8. The summed E-state index contributed by atoms with van der Waals surface area (Å²) in [4.78, 5) is 2.52. The Morgan fingerprint density at radius 2 is 1.95 bits per heavy atom. The minimum absolute atomic E-state index is 0.992. The normalized spacial score (nSPS) is 13.8. The molecule has 0 aromatic heterocycles. The molecule has 0 atom stereocenters. The molecule has 1 heterocycles. The molecule has 0 spiro atoms. The molecule has 0 aliphatic carbocycles. The Morgan fingerprint density at radius 1 is 1.09 bits per heavy atom. The molecular formula is C20H26N2. The van der Waals surface area contributed by atoms with Gasteiger partial charge in [-0.15, -0.1) is 0 Å². The predicted octanol–water partition coefficient (Wildman–Crippen LogP) is 4.42. The molecule has 1 N–H and O–H groups in total. The van der Waals surface area contributed by atoms with Gasteiger partial charge in [-0.25, -0.2) is 0 Å². The second-order valence-electron chi connectivity index (χ2n) is 6.11. The maximum atomic E-state index is 3.67. The molecule has 2 aromatic rings. The Bertz CT molecular complexity index is 633. The van der Waals surface area contributed by atoms with Gasteiger partial charge >= 0.3 is 0 Å². The molecule has 0 fully saturated rings. The van der Waals surface area contributed by atoms with E-state index >= 15 is 0 Å². The fourth-order valence-corrected chi connectivity index (χ4v) is 3.44. The minimum Gasteiger partial charge on any atom is -0.383 e. The fourth-order valence-electron chi connectivity index (χ4n) is 3.44. The van der Waals surface area contributed by atoms with Crippen LogP contribution in [0.1, 0.15) is 30.0 Å². The van der Waals surface area contributed by atoms with E-state index in [4.69, 9.17) is 0 Å². The number of benzene rings is 2. The molecule has 22 heavy (non-hydrogen) atoms. The second kappa shape index (κ2) is 6.87. The summed E-state index contributed by atoms with van der Waals surface area (Å²) in [5, 5.41) is 3.67. The van der Waals surface area contributed by atoms with Crippen molar-refractivity contribution in [2.45, 2.75) is 33.1 Å². The maximum Gasteiger partial charge on any atom is 0.0402 e. The smallest absolute Gasteiger partial charge is 0.0402 e. The highest BCUT2D eigenvalue weighted by Gasteiger charge is 2.15. The highest BCUT2D eigenvalue weighted by atomic mass is 15.1. The van der Waals surface area contributed by atoms with Gasteiger partial charge in [-0.2, -0.15) is 0 Å². The van der Waals surface area contributed by atoms with Gasteiger partial charge in [0.1, 0.15) is 0 Å². The summed E-state index contributed by atoms with van der Waals surface area (Å²) in [6, 6.07) is 15.4. The van der Waals surface area contributed by atoms with Crippen LogP contribution in [0.3, 0.4) is 0 Å². The highest BCUT2D eigenvalue weighted by Crippen LogP contribution is 2.26. The summed E-state index contributed by atoms with van der Waals surface area (Å²) in [6.07, 6.45) is 3.57. The number of hydrogen-bond acceptors (Lipinski definition) is 2. The van der Waals surface area contributed by atoms with E-state index in [-0.39, 0.29) is 0 Å². The third-order valence-electron chi connectivity index (χ3n) is 4.63. The maximum absolute atomic E-state index is 3.67. The lowest BCUT2D eigenvalue weighted by atomic mass is 10.0. The van der Waals surface area contributed by atoms with Gasteiger partial charge in [0.05, 0.1) is 0 Å². The first-order valence-electron chi connectivity index (χ1n) is 8.45. The van der Waals surface area contributed by atoms with Crippen LogP contribution in [0, 0.1) is 6.92 Å². The summed E-state index contributed by atoms with van der Waals surface area (Å²) in [5.41, 5.74) is 7.02. The van der Waals surface area contributed by atoms with Crippen molar-refractivity contribution in [1.82, 2.24) is 0 Å². The van der Waals surface area contributed by atoms with E-state index in [1.165, 1.54) is 47.5 Å². The molecule has 2 aromatic carbocycles. The minimum atomic E-state index is 0.992. The van der Waals surface area contributed by atoms with Gasteiger partial charge in [-0.1, -0.05) is 43.3 Å². The summed E-state index contributed by atoms with van der Waals surface area (Å²) in [6.45, 7) is 7.65. The molecule has 1 aliphatic rings. The molecule has 2 nitrogen and oxygen atoms in total. The third kappa shape index (κ3) is 3.11. The van der Waals surface area contributed by atoms with Crippen LogP contribution in [-0.4, -0.2) is 19.6 Å². The van der Waals surface area contributed by atoms with Crippen molar-refractivity contribution in [3.05, 3.63) is 59.2 Å². The Hall–Kier alpha value is -1.96. The average molecular weight is 294 g/mol. The van der Waals surface area contributed by atoms with E-state index in [0.717, 1.165) is 19.5 Å². The first-order valence-corrected chi connectivity index (χ1v) is 8.45. The number of nitrogens with one attached hydrogen (secondary N) is 1. The largest absolute Gasteiger partial charge is 0.383 e. The van der Waals surface area contributed by atoms with E-state index in [0.29, 0.717) is 0 Å². The van der Waals surface area contributed by atoms with Gasteiger partial charge < -0.3 is 10.2 Å². The molecule has 0 amide bonds. The number of fused-ring (bicyclic) bond motifs is 1. The van der Waals surface area contributed by atoms with E-state index in [2.05, 4.69) is 66.5 Å². The molecule has 0 saturated heterocycles. The standard InChI is InChI=1S/C20H26N2/c1-3-17-10-6-8-16(2)20(17)21-13-15-22-14-7-11-18-9-4-5-12-19(18)22/h4-6,8-10,12,21H,3,7,11,13-15H2,1-2H3. The lowest BCUT2D eigenvalue weighted by Crippen LogP contribution is -2.33. The van der Waals surface area contributed by atoms with Gasteiger partial charge in [0, 0.05) is 31.0 Å². The first kappa shape index (κ1) is 15.0. The summed E-state index contributed by atoms with van der Waals surface area (Å²) >= 11 is 0. The van der Waals surface area contributed by atoms with Crippen LogP contribution in [0.5, 0.6) is 0 Å². The molecule has 116 valence electrons. The Kier molecular flexibility index (Phi) is 4.67. The molecule has 0 bridgehead atoms. The van der Waals surface area contributed by atoms with Crippen LogP contribution in [0.2, 0.25) is 0 Å². The molecule has 1 aliphatic heterocycles. The van der Waals surface area contributed by atoms with Crippen LogP contribution in [-0.2, 0) is 12.8 Å². The van der Waals surface area contributed by atoms with E-state index in [9.17, 15) is 0 Å². The van der Waals surface area contributed by atoms with Crippen molar-refractivity contribution in [1.29, 1.82) is 0 Å². The SMILES string of the molecule is CCc1cccc(C)c1NCCN1CCCc2ccccc21. The van der Waals surface area contributed by atoms with Crippen molar-refractivity contribution in [2.75, 3.05) is 29.9 Å². The Labute approximate surface area is 134 Å². The van der Waals surface area contributed by atoms with E-state index in [1.807, 2.05) is 0 Å². The Morgan fingerprint density at radius 3 is 2.82 bits per heavy atom. The topological polar surface area (TPSA) is 15.3 Å². The van der Waals surface area contributed by atoms with Gasteiger partial charge in [0.2, 0.25) is 0 Å². The van der Waals surface area contributed by atoms with Crippen LogP contribution in [0.4, 0.5) is 11.4 Å². The third-order valence-corrected chi connectivity index (χ3v) is 4.63. The summed E-state index contributed by atoms with van der Waals surface area (Å²) in [5.74, 6) is 0. The highest BCUT2D eigenvalue weighted by molar-refractivity contribution is 5.58. The zero-order valence-corrected chi connectivity index (χ0v) is 13.7. The van der Waals surface area contributed by atoms with E-state index in [1.54, 1.807) is 0 Å². The van der Waals surface area contributed by atoms with Crippen molar-refractivity contribution in [3.63, 3.8) is 0 Å².